The molecule has 2 N–H and O–H groups in total. The molecule has 0 unspecified atom stereocenters. The van der Waals surface area contributed by atoms with Crippen molar-refractivity contribution in [3.05, 3.63) is 94.8 Å². The van der Waals surface area contributed by atoms with E-state index in [9.17, 15) is 4.39 Å². The van der Waals surface area contributed by atoms with E-state index in [1.807, 2.05) is 18.2 Å². The fraction of sp³-hybridized carbons (Fsp3) is 0.217. The standard InChI is InChI=1S/C23H24FNO2/c1-17-6-8-18(9-7-17)14-25-15-20-4-3-5-22(26-2)23(20)27-16-19-10-12-21(24)13-11-19/h3-13,25H,14-16H2,1-2H3/p+1. The minimum absolute atomic E-state index is 0.248. The number of halogens is 1. The monoisotopic (exact) mass is 366 g/mol. The van der Waals surface area contributed by atoms with E-state index in [4.69, 9.17) is 9.47 Å². The zero-order valence-electron chi connectivity index (χ0n) is 15.7. The zero-order chi connectivity index (χ0) is 19.1. The number of para-hydroxylation sites is 1. The van der Waals surface area contributed by atoms with Gasteiger partial charge in [-0.2, -0.15) is 0 Å². The lowest BCUT2D eigenvalue weighted by atomic mass is 10.1. The van der Waals surface area contributed by atoms with Gasteiger partial charge in [-0.05, 0) is 36.8 Å². The summed E-state index contributed by atoms with van der Waals surface area (Å²) in [4.78, 5) is 0. The van der Waals surface area contributed by atoms with Gasteiger partial charge in [-0.15, -0.1) is 0 Å². The maximum Gasteiger partial charge on any atom is 0.170 e. The van der Waals surface area contributed by atoms with Crippen LogP contribution < -0.4 is 14.8 Å². The van der Waals surface area contributed by atoms with Crippen molar-refractivity contribution in [2.24, 2.45) is 0 Å². The van der Waals surface area contributed by atoms with E-state index in [0.29, 0.717) is 12.4 Å². The van der Waals surface area contributed by atoms with Gasteiger partial charge in [0.05, 0.1) is 12.7 Å². The molecule has 0 saturated heterocycles. The molecule has 0 amide bonds. The Morgan fingerprint density at radius 3 is 2.26 bits per heavy atom. The Labute approximate surface area is 159 Å². The smallest absolute Gasteiger partial charge is 0.170 e. The Kier molecular flexibility index (Phi) is 6.44. The van der Waals surface area contributed by atoms with E-state index in [1.54, 1.807) is 19.2 Å². The predicted octanol–water partition coefficient (Wildman–Crippen LogP) is 3.99. The highest BCUT2D eigenvalue weighted by molar-refractivity contribution is 5.46. The lowest BCUT2D eigenvalue weighted by molar-refractivity contribution is -0.686. The van der Waals surface area contributed by atoms with Crippen molar-refractivity contribution in [1.82, 2.24) is 0 Å². The summed E-state index contributed by atoms with van der Waals surface area (Å²) in [7, 11) is 1.64. The second-order valence-electron chi connectivity index (χ2n) is 6.55. The third-order valence-electron chi connectivity index (χ3n) is 4.44. The number of aryl methyl sites for hydroxylation is 1. The van der Waals surface area contributed by atoms with Gasteiger partial charge in [-0.3, -0.25) is 0 Å². The molecule has 3 aromatic rings. The number of hydrogen-bond acceptors (Lipinski definition) is 2. The zero-order valence-corrected chi connectivity index (χ0v) is 15.7. The van der Waals surface area contributed by atoms with Crippen molar-refractivity contribution in [1.29, 1.82) is 0 Å². The van der Waals surface area contributed by atoms with Gasteiger partial charge in [0.1, 0.15) is 25.5 Å². The normalized spacial score (nSPS) is 10.6. The summed E-state index contributed by atoms with van der Waals surface area (Å²) in [5, 5.41) is 2.24. The Morgan fingerprint density at radius 2 is 1.56 bits per heavy atom. The molecule has 0 radical (unpaired) electrons. The van der Waals surface area contributed by atoms with Crippen LogP contribution in [-0.2, 0) is 19.7 Å². The van der Waals surface area contributed by atoms with Gasteiger partial charge >= 0.3 is 0 Å². The summed E-state index contributed by atoms with van der Waals surface area (Å²) < 4.78 is 24.6. The molecule has 0 bridgehead atoms. The lowest BCUT2D eigenvalue weighted by Gasteiger charge is -2.14. The van der Waals surface area contributed by atoms with Crippen LogP contribution >= 0.6 is 0 Å². The first kappa shape index (κ1) is 18.9. The van der Waals surface area contributed by atoms with Crippen molar-refractivity contribution in [2.45, 2.75) is 26.6 Å². The average molecular weight is 366 g/mol. The predicted molar refractivity (Wildman–Crippen MR) is 104 cm³/mol. The first-order chi connectivity index (χ1) is 13.2. The Balaban J connectivity index is 1.66. The average Bonchev–Trinajstić information content (AvgIpc) is 2.69. The van der Waals surface area contributed by atoms with Gasteiger partial charge < -0.3 is 14.8 Å². The molecule has 0 aliphatic rings. The van der Waals surface area contributed by atoms with Gasteiger partial charge in [-0.25, -0.2) is 4.39 Å². The number of rotatable bonds is 8. The second kappa shape index (κ2) is 9.19. The molecule has 3 aromatic carbocycles. The highest BCUT2D eigenvalue weighted by Crippen LogP contribution is 2.31. The summed E-state index contributed by atoms with van der Waals surface area (Å²) in [5.74, 6) is 1.20. The van der Waals surface area contributed by atoms with Crippen molar-refractivity contribution in [2.75, 3.05) is 7.11 Å². The van der Waals surface area contributed by atoms with Crippen molar-refractivity contribution < 1.29 is 19.2 Å². The Bertz CT molecular complexity index is 861. The maximum atomic E-state index is 13.1. The fourth-order valence-corrected chi connectivity index (χ4v) is 2.90. The van der Waals surface area contributed by atoms with Gasteiger partial charge in [-0.1, -0.05) is 48.0 Å². The SMILES string of the molecule is COc1cccc(C[NH2+]Cc2ccc(C)cc2)c1OCc1ccc(F)cc1. The van der Waals surface area contributed by atoms with Crippen molar-refractivity contribution in [3.63, 3.8) is 0 Å². The number of methoxy groups -OCH3 is 1. The van der Waals surface area contributed by atoms with Crippen LogP contribution in [-0.4, -0.2) is 7.11 Å². The largest absolute Gasteiger partial charge is 0.493 e. The molecule has 0 aliphatic heterocycles. The maximum absolute atomic E-state index is 13.1. The molecular weight excluding hydrogens is 341 g/mol. The molecule has 0 aromatic heterocycles. The number of quaternary nitrogens is 1. The highest BCUT2D eigenvalue weighted by atomic mass is 19.1. The van der Waals surface area contributed by atoms with E-state index in [0.717, 1.165) is 30.0 Å². The summed E-state index contributed by atoms with van der Waals surface area (Å²) in [6, 6.07) is 20.8. The molecule has 0 atom stereocenters. The molecule has 0 saturated carbocycles. The van der Waals surface area contributed by atoms with E-state index in [1.165, 1.54) is 23.3 Å². The molecule has 0 heterocycles. The number of ether oxygens (including phenoxy) is 2. The molecule has 0 aliphatic carbocycles. The molecule has 0 fully saturated rings. The number of benzene rings is 3. The van der Waals surface area contributed by atoms with Gasteiger partial charge in [0.15, 0.2) is 11.5 Å². The van der Waals surface area contributed by atoms with Crippen LogP contribution in [0, 0.1) is 12.7 Å². The Morgan fingerprint density at radius 1 is 0.852 bits per heavy atom. The van der Waals surface area contributed by atoms with Crippen molar-refractivity contribution >= 4 is 0 Å². The van der Waals surface area contributed by atoms with E-state index in [-0.39, 0.29) is 5.82 Å². The van der Waals surface area contributed by atoms with Crippen molar-refractivity contribution in [3.8, 4) is 11.5 Å². The molecule has 4 heteroatoms. The topological polar surface area (TPSA) is 35.1 Å². The fourth-order valence-electron chi connectivity index (χ4n) is 2.90. The molecule has 3 nitrogen and oxygen atoms in total. The van der Waals surface area contributed by atoms with Crippen LogP contribution in [0.25, 0.3) is 0 Å². The van der Waals surface area contributed by atoms with Crippen LogP contribution in [0.15, 0.2) is 66.7 Å². The summed E-state index contributed by atoms with van der Waals surface area (Å²) >= 11 is 0. The van der Waals surface area contributed by atoms with E-state index < -0.39 is 0 Å². The van der Waals surface area contributed by atoms with Crippen LogP contribution in [0.4, 0.5) is 4.39 Å². The number of hydrogen-bond donors (Lipinski definition) is 1. The molecule has 140 valence electrons. The van der Waals surface area contributed by atoms with Crippen LogP contribution in [0.2, 0.25) is 0 Å². The van der Waals surface area contributed by atoms with Crippen LogP contribution in [0.5, 0.6) is 11.5 Å². The molecular formula is C23H25FNO2+. The second-order valence-corrected chi connectivity index (χ2v) is 6.55. The molecule has 0 spiro atoms. The lowest BCUT2D eigenvalue weighted by Crippen LogP contribution is -2.80. The third-order valence-corrected chi connectivity index (χ3v) is 4.44. The number of nitrogens with two attached hydrogens (primary N) is 1. The van der Waals surface area contributed by atoms with Gasteiger partial charge in [0, 0.05) is 5.56 Å². The van der Waals surface area contributed by atoms with E-state index in [2.05, 4.69) is 36.5 Å². The minimum atomic E-state index is -0.248. The highest BCUT2D eigenvalue weighted by Gasteiger charge is 2.12. The summed E-state index contributed by atoms with van der Waals surface area (Å²) in [6.45, 7) is 4.14. The van der Waals surface area contributed by atoms with Gasteiger partial charge in [0.2, 0.25) is 0 Å². The quantitative estimate of drug-likeness (QED) is 0.654. The Hall–Kier alpha value is -2.85. The molecule has 3 rings (SSSR count). The van der Waals surface area contributed by atoms with Gasteiger partial charge in [0.25, 0.3) is 0 Å². The van der Waals surface area contributed by atoms with Crippen LogP contribution in [0.3, 0.4) is 0 Å². The first-order valence-electron chi connectivity index (χ1n) is 9.06. The minimum Gasteiger partial charge on any atom is -0.493 e. The third kappa shape index (κ3) is 5.31. The van der Waals surface area contributed by atoms with Crippen LogP contribution in [0.1, 0.15) is 22.3 Å². The summed E-state index contributed by atoms with van der Waals surface area (Å²) in [5.41, 5.74) is 4.54. The first-order valence-corrected chi connectivity index (χ1v) is 9.06. The summed E-state index contributed by atoms with van der Waals surface area (Å²) in [6.07, 6.45) is 0. The molecule has 27 heavy (non-hydrogen) atoms. The van der Waals surface area contributed by atoms with E-state index >= 15 is 0 Å².